The summed E-state index contributed by atoms with van der Waals surface area (Å²) >= 11 is 0. The van der Waals surface area contributed by atoms with Gasteiger partial charge in [0.2, 0.25) is 0 Å². The van der Waals surface area contributed by atoms with E-state index < -0.39 is 0 Å². The molecule has 1 aliphatic heterocycles. The minimum absolute atomic E-state index is 0.176. The van der Waals surface area contributed by atoms with Crippen LogP contribution < -0.4 is 54.6 Å². The Morgan fingerprint density at radius 1 is 0.281 bits per heavy atom. The zero-order valence-corrected chi connectivity index (χ0v) is 30.9. The van der Waals surface area contributed by atoms with Crippen molar-refractivity contribution in [3.05, 3.63) is 133 Å². The van der Waals surface area contributed by atoms with Crippen molar-refractivity contribution >= 4 is 157 Å². The van der Waals surface area contributed by atoms with Gasteiger partial charge in [0, 0.05) is 0 Å². The van der Waals surface area contributed by atoms with E-state index in [0.717, 1.165) is 60.8 Å². The first-order chi connectivity index (χ1) is 27.6. The summed E-state index contributed by atoms with van der Waals surface area (Å²) in [6, 6.07) is 45.9. The lowest BCUT2D eigenvalue weighted by Gasteiger charge is -2.29. The first-order valence-corrected chi connectivity index (χ1v) is 18.7. The van der Waals surface area contributed by atoms with Gasteiger partial charge in [-0.3, -0.25) is 0 Å². The highest BCUT2D eigenvalue weighted by molar-refractivity contribution is 6.74. The third-order valence-corrected chi connectivity index (χ3v) is 11.7. The Morgan fingerprint density at radius 3 is 1.32 bits per heavy atom. The lowest BCUT2D eigenvalue weighted by molar-refractivity contribution is 1.59. The Balaban J connectivity index is 1.32. The fourth-order valence-electron chi connectivity index (χ4n) is 8.78. The van der Waals surface area contributed by atoms with E-state index in [2.05, 4.69) is 104 Å². The molecule has 1 heterocycles. The topological polar surface area (TPSA) is 0 Å². The second-order valence-electron chi connectivity index (χ2n) is 14.8. The van der Waals surface area contributed by atoms with Crippen LogP contribution in [0.4, 0.5) is 0 Å². The molecule has 0 amide bonds. The molecule has 0 saturated heterocycles. The van der Waals surface area contributed by atoms with E-state index in [4.69, 9.17) is 62.8 Å². The second kappa shape index (κ2) is 13.5. The van der Waals surface area contributed by atoms with Crippen molar-refractivity contribution in [1.29, 1.82) is 0 Å². The monoisotopic (exact) mass is 697 g/mol. The van der Waals surface area contributed by atoms with Gasteiger partial charge >= 0.3 is 0 Å². The summed E-state index contributed by atoms with van der Waals surface area (Å²) in [5, 5.41) is 4.68. The maximum atomic E-state index is 7.11. The van der Waals surface area contributed by atoms with Crippen LogP contribution in [0.3, 0.4) is 0 Å². The van der Waals surface area contributed by atoms with Crippen LogP contribution in [0.15, 0.2) is 133 Å². The van der Waals surface area contributed by atoms with Crippen molar-refractivity contribution in [2.45, 2.75) is 0 Å². The molecule has 0 fully saturated rings. The van der Waals surface area contributed by atoms with E-state index in [1.165, 1.54) is 5.39 Å². The largest absolute Gasteiger partial charge is 0.193 e. The molecule has 17 radical (unpaired) electrons. The van der Waals surface area contributed by atoms with Crippen molar-refractivity contribution in [3.8, 4) is 55.6 Å². The Bertz CT molecular complexity index is 3090. The number of benzene rings is 9. The molecule has 10 rings (SSSR count). The van der Waals surface area contributed by atoms with Crippen LogP contribution in [0.25, 0.3) is 88.0 Å². The van der Waals surface area contributed by atoms with Crippen LogP contribution in [-0.2, 0) is 0 Å². The number of hydrogen-bond acceptors (Lipinski definition) is 0. The molecule has 9 aromatic rings. The predicted molar refractivity (Wildman–Crippen MR) is 254 cm³/mol. The maximum absolute atomic E-state index is 7.11. The molecule has 9 aromatic carbocycles. The van der Waals surface area contributed by atoms with E-state index in [1.807, 2.05) is 36.4 Å². The van der Waals surface area contributed by atoms with Gasteiger partial charge in [-0.15, -0.1) is 21.9 Å². The van der Waals surface area contributed by atoms with E-state index >= 15 is 0 Å². The molecule has 0 spiro atoms. The quantitative estimate of drug-likeness (QED) is 0.195. The van der Waals surface area contributed by atoms with E-state index in [9.17, 15) is 0 Å². The first kappa shape index (κ1) is 35.7. The molecule has 0 N–H and O–H groups in total. The summed E-state index contributed by atoms with van der Waals surface area (Å²) in [5.41, 5.74) is 13.3. The standard InChI is InChI=1S/C48H22B9/c49-41-37-35(28-18-19-33-31(21-28)32-20-26-10-4-5-11-27(26)22-34(32)57-33)38-40(44(52)48(56)46(54)42(38)50)36(39(37)43(51)47(55)45(41)53)30-13-7-6-12-29(30)25-16-14-24(15-17-25)23-8-2-1-3-9-23/h1-22H. The summed E-state index contributed by atoms with van der Waals surface area (Å²) in [5.74, 6) is 0. The molecule has 0 bridgehead atoms. The Kier molecular flexibility index (Phi) is 8.45. The Labute approximate surface area is 344 Å². The van der Waals surface area contributed by atoms with Crippen LogP contribution in [0.2, 0.25) is 0 Å². The predicted octanol–water partition coefficient (Wildman–Crippen LogP) is 1.80. The summed E-state index contributed by atoms with van der Waals surface area (Å²) in [6.45, 7) is 0. The Hall–Kier alpha value is -5.66. The zero-order chi connectivity index (χ0) is 39.3. The molecule has 0 nitrogen and oxygen atoms in total. The molecule has 9 heteroatoms. The first-order valence-electron chi connectivity index (χ1n) is 18.7. The smallest absolute Gasteiger partial charge is 0.110 e. The fraction of sp³-hybridized carbons (Fsp3) is 0. The van der Waals surface area contributed by atoms with Gasteiger partial charge in [0.05, 0.1) is 0 Å². The zero-order valence-electron chi connectivity index (χ0n) is 30.9. The van der Waals surface area contributed by atoms with Crippen molar-refractivity contribution < 1.29 is 0 Å². The lowest BCUT2D eigenvalue weighted by atomic mass is 9.59. The number of fused-ring (bicyclic) bond motifs is 6. The normalized spacial score (nSPS) is 11.9. The van der Waals surface area contributed by atoms with Crippen molar-refractivity contribution in [2.75, 3.05) is 0 Å². The van der Waals surface area contributed by atoms with Crippen LogP contribution in [0.5, 0.6) is 0 Å². The molecular formula is C48H22B9. The SMILES string of the molecule is [B]c1c([B])c([B])c2c(-c3ccccc3-c3ccc(-c4ccccc4)cc3)c3c([B])c([B])c([B])c([B])c3c(-c3ccc4c(c3)-c3cc5ccccc5cc3[B]4)c2c1[B]. The van der Waals surface area contributed by atoms with Gasteiger partial charge < -0.3 is 0 Å². The van der Waals surface area contributed by atoms with Crippen LogP contribution >= 0.6 is 0 Å². The Morgan fingerprint density at radius 2 is 0.719 bits per heavy atom. The average molecular weight is 696 g/mol. The third kappa shape index (κ3) is 5.42. The number of rotatable bonds is 4. The van der Waals surface area contributed by atoms with Gasteiger partial charge in [-0.05, 0) is 100 Å². The number of hydrogen-bond donors (Lipinski definition) is 0. The van der Waals surface area contributed by atoms with E-state index in [0.29, 0.717) is 32.7 Å². The van der Waals surface area contributed by atoms with E-state index in [1.54, 1.807) is 0 Å². The lowest BCUT2D eigenvalue weighted by Crippen LogP contribution is -2.50. The molecular weight excluding hydrogens is 674 g/mol. The highest BCUT2D eigenvalue weighted by Crippen LogP contribution is 2.44. The summed E-state index contributed by atoms with van der Waals surface area (Å²) < 4.78 is 0. The highest BCUT2D eigenvalue weighted by atomic mass is 14.3. The second-order valence-corrected chi connectivity index (χ2v) is 14.8. The minimum Gasteiger partial charge on any atom is -0.110 e. The molecule has 0 aromatic heterocycles. The summed E-state index contributed by atoms with van der Waals surface area (Å²) in [4.78, 5) is 0. The molecule has 241 valence electrons. The van der Waals surface area contributed by atoms with Crippen molar-refractivity contribution in [3.63, 3.8) is 0 Å². The maximum Gasteiger partial charge on any atom is 0.193 e. The van der Waals surface area contributed by atoms with Gasteiger partial charge in [-0.1, -0.05) is 154 Å². The minimum atomic E-state index is 0.176. The average Bonchev–Trinajstić information content (AvgIpc) is 3.61. The van der Waals surface area contributed by atoms with Crippen LogP contribution in [0, 0.1) is 0 Å². The van der Waals surface area contributed by atoms with Gasteiger partial charge in [-0.25, -0.2) is 0 Å². The molecule has 0 atom stereocenters. The summed E-state index contributed by atoms with van der Waals surface area (Å²) in [7, 11) is 57.4. The van der Waals surface area contributed by atoms with Gasteiger partial charge in [-0.2, -0.15) is 0 Å². The highest BCUT2D eigenvalue weighted by Gasteiger charge is 2.27. The van der Waals surface area contributed by atoms with Gasteiger partial charge in [0.25, 0.3) is 0 Å². The van der Waals surface area contributed by atoms with Gasteiger partial charge in [0.15, 0.2) is 7.28 Å². The summed E-state index contributed by atoms with van der Waals surface area (Å²) in [6.07, 6.45) is 0. The molecule has 0 aliphatic carbocycles. The molecule has 0 saturated carbocycles. The fourth-order valence-corrected chi connectivity index (χ4v) is 8.78. The molecule has 57 heavy (non-hydrogen) atoms. The molecule has 1 aliphatic rings. The van der Waals surface area contributed by atoms with Crippen molar-refractivity contribution in [2.24, 2.45) is 0 Å². The van der Waals surface area contributed by atoms with E-state index in [-0.39, 0.29) is 43.7 Å². The van der Waals surface area contributed by atoms with Crippen LogP contribution in [0.1, 0.15) is 0 Å². The van der Waals surface area contributed by atoms with Gasteiger partial charge in [0.1, 0.15) is 62.8 Å². The third-order valence-electron chi connectivity index (χ3n) is 11.7. The van der Waals surface area contributed by atoms with Crippen LogP contribution in [-0.4, -0.2) is 70.0 Å². The van der Waals surface area contributed by atoms with Crippen molar-refractivity contribution in [1.82, 2.24) is 0 Å². The molecule has 0 unspecified atom stereocenters.